The number of pyridine rings is 2. The van der Waals surface area contributed by atoms with Gasteiger partial charge in [0.05, 0.1) is 10.4 Å². The Balaban J connectivity index is 2.09. The Hall–Kier alpha value is -2.73. The summed E-state index contributed by atoms with van der Waals surface area (Å²) < 4.78 is 0. The average Bonchev–Trinajstić information content (AvgIpc) is 2.52. The summed E-state index contributed by atoms with van der Waals surface area (Å²) in [6.07, 6.45) is 3.37. The van der Waals surface area contributed by atoms with E-state index in [0.717, 1.165) is 5.56 Å². The van der Waals surface area contributed by atoms with E-state index >= 15 is 0 Å². The molecular formula is C15H11ClN4O2. The lowest BCUT2D eigenvalue weighted by atomic mass is 10.1. The minimum Gasteiger partial charge on any atom is -0.375 e. The Bertz CT molecular complexity index is 840. The molecule has 7 heteroatoms. The van der Waals surface area contributed by atoms with Crippen molar-refractivity contribution in [1.82, 2.24) is 9.97 Å². The van der Waals surface area contributed by atoms with E-state index in [9.17, 15) is 10.1 Å². The van der Waals surface area contributed by atoms with Gasteiger partial charge in [0.1, 0.15) is 5.69 Å². The first-order chi connectivity index (χ1) is 10.7. The molecule has 1 N–H and O–H groups in total. The average molecular weight is 315 g/mol. The normalized spacial score (nSPS) is 10.6. The molecule has 0 aliphatic rings. The summed E-state index contributed by atoms with van der Waals surface area (Å²) in [5, 5.41) is 14.9. The number of benzene rings is 1. The second kappa shape index (κ2) is 5.95. The molecule has 0 fully saturated rings. The van der Waals surface area contributed by atoms with Crippen molar-refractivity contribution >= 4 is 33.9 Å². The van der Waals surface area contributed by atoms with Gasteiger partial charge in [-0.05, 0) is 17.7 Å². The van der Waals surface area contributed by atoms with E-state index in [1.807, 2.05) is 18.2 Å². The number of halogens is 1. The zero-order valence-corrected chi connectivity index (χ0v) is 12.1. The minimum atomic E-state index is -0.520. The number of nitro groups is 1. The van der Waals surface area contributed by atoms with Gasteiger partial charge in [-0.2, -0.15) is 0 Å². The van der Waals surface area contributed by atoms with Crippen LogP contribution in [0.4, 0.5) is 11.4 Å². The maximum absolute atomic E-state index is 11.3. The molecule has 3 aromatic rings. The number of nitrogens with one attached hydrogen (secondary N) is 1. The van der Waals surface area contributed by atoms with Gasteiger partial charge in [0, 0.05) is 24.3 Å². The molecule has 2 aromatic heterocycles. The number of anilines is 1. The quantitative estimate of drug-likeness (QED) is 0.450. The van der Waals surface area contributed by atoms with E-state index in [1.54, 1.807) is 30.6 Å². The third-order valence-electron chi connectivity index (χ3n) is 3.20. The Morgan fingerprint density at radius 2 is 2.05 bits per heavy atom. The highest BCUT2D eigenvalue weighted by atomic mass is 35.5. The Labute approximate surface area is 130 Å². The highest BCUT2D eigenvalue weighted by Gasteiger charge is 2.23. The Morgan fingerprint density at radius 1 is 1.23 bits per heavy atom. The topological polar surface area (TPSA) is 81.0 Å². The highest BCUT2D eigenvalue weighted by molar-refractivity contribution is 6.33. The zero-order valence-electron chi connectivity index (χ0n) is 11.4. The van der Waals surface area contributed by atoms with Crippen molar-refractivity contribution in [1.29, 1.82) is 0 Å². The van der Waals surface area contributed by atoms with Gasteiger partial charge < -0.3 is 5.32 Å². The van der Waals surface area contributed by atoms with Crippen LogP contribution in [0.25, 0.3) is 10.9 Å². The van der Waals surface area contributed by atoms with Crippen molar-refractivity contribution in [3.05, 3.63) is 69.6 Å². The molecule has 110 valence electrons. The summed E-state index contributed by atoms with van der Waals surface area (Å²) >= 11 is 5.98. The van der Waals surface area contributed by atoms with Crippen molar-refractivity contribution in [2.75, 3.05) is 5.32 Å². The first kappa shape index (κ1) is 14.2. The van der Waals surface area contributed by atoms with Gasteiger partial charge in [0.15, 0.2) is 0 Å². The third kappa shape index (κ3) is 2.68. The number of rotatable bonds is 4. The number of fused-ring (bicyclic) bond motifs is 1. The first-order valence-corrected chi connectivity index (χ1v) is 6.90. The molecule has 0 aliphatic heterocycles. The van der Waals surface area contributed by atoms with Crippen molar-refractivity contribution in [3.63, 3.8) is 0 Å². The molecule has 0 radical (unpaired) electrons. The third-order valence-corrected chi connectivity index (χ3v) is 3.46. The van der Waals surface area contributed by atoms with E-state index in [1.165, 1.54) is 0 Å². The highest BCUT2D eigenvalue weighted by Crippen LogP contribution is 2.37. The molecule has 0 atom stereocenters. The van der Waals surface area contributed by atoms with Crippen LogP contribution in [-0.4, -0.2) is 14.9 Å². The predicted molar refractivity (Wildman–Crippen MR) is 85.0 cm³/mol. The lowest BCUT2D eigenvalue weighted by molar-refractivity contribution is -0.384. The first-order valence-electron chi connectivity index (χ1n) is 6.52. The van der Waals surface area contributed by atoms with Gasteiger partial charge in [-0.1, -0.05) is 35.9 Å². The molecule has 0 spiro atoms. The van der Waals surface area contributed by atoms with E-state index in [4.69, 9.17) is 11.6 Å². The van der Waals surface area contributed by atoms with Gasteiger partial charge in [0.25, 0.3) is 0 Å². The maximum Gasteiger partial charge on any atom is 0.329 e. The van der Waals surface area contributed by atoms with E-state index in [-0.39, 0.29) is 10.8 Å². The Morgan fingerprint density at radius 3 is 2.77 bits per heavy atom. The fourth-order valence-electron chi connectivity index (χ4n) is 2.21. The van der Waals surface area contributed by atoms with E-state index in [0.29, 0.717) is 23.1 Å². The lowest BCUT2D eigenvalue weighted by Crippen LogP contribution is -2.05. The molecular weight excluding hydrogens is 304 g/mol. The second-order valence-electron chi connectivity index (χ2n) is 4.62. The van der Waals surface area contributed by atoms with Crippen LogP contribution in [0.3, 0.4) is 0 Å². The molecule has 22 heavy (non-hydrogen) atoms. The maximum atomic E-state index is 11.3. The predicted octanol–water partition coefficient (Wildman–Crippen LogP) is 3.80. The fourth-order valence-corrected chi connectivity index (χ4v) is 2.47. The van der Waals surface area contributed by atoms with Gasteiger partial charge >= 0.3 is 5.69 Å². The molecule has 0 bridgehead atoms. The van der Waals surface area contributed by atoms with Crippen LogP contribution in [-0.2, 0) is 6.54 Å². The van der Waals surface area contributed by atoms with Crippen LogP contribution in [0.15, 0.2) is 48.8 Å². The second-order valence-corrected chi connectivity index (χ2v) is 4.97. The molecule has 0 amide bonds. The summed E-state index contributed by atoms with van der Waals surface area (Å²) in [4.78, 5) is 18.9. The van der Waals surface area contributed by atoms with Gasteiger partial charge in [-0.15, -0.1) is 0 Å². The number of hydrogen-bond acceptors (Lipinski definition) is 5. The zero-order chi connectivity index (χ0) is 15.5. The molecule has 3 rings (SSSR count). The minimum absolute atomic E-state index is 0.127. The Kier molecular flexibility index (Phi) is 3.84. The number of para-hydroxylation sites is 1. The summed E-state index contributed by atoms with van der Waals surface area (Å²) in [5.74, 6) is 0. The number of aromatic nitrogens is 2. The molecule has 0 aliphatic carbocycles. The molecule has 1 aromatic carbocycles. The fraction of sp³-hybridized carbons (Fsp3) is 0.0667. The van der Waals surface area contributed by atoms with Crippen LogP contribution in [0, 0.1) is 10.1 Å². The van der Waals surface area contributed by atoms with Crippen LogP contribution in [0.1, 0.15) is 5.56 Å². The molecule has 6 nitrogen and oxygen atoms in total. The summed E-state index contributed by atoms with van der Waals surface area (Å²) in [6, 6.07) is 10.8. The van der Waals surface area contributed by atoms with Crippen molar-refractivity contribution in [3.8, 4) is 0 Å². The SMILES string of the molecule is O=[N+]([O-])c1c(Cl)nc2ccccc2c1NCc1cccnc1. The molecule has 2 heterocycles. The van der Waals surface area contributed by atoms with Crippen LogP contribution >= 0.6 is 11.6 Å². The van der Waals surface area contributed by atoms with Crippen molar-refractivity contribution < 1.29 is 4.92 Å². The standard InChI is InChI=1S/C15H11ClN4O2/c16-15-14(20(21)22)13(11-5-1-2-6-12(11)19-15)18-9-10-4-3-7-17-8-10/h1-8H,9H2,(H,18,19). The van der Waals surface area contributed by atoms with Crippen LogP contribution < -0.4 is 5.32 Å². The van der Waals surface area contributed by atoms with Crippen LogP contribution in [0.2, 0.25) is 5.15 Å². The summed E-state index contributed by atoms with van der Waals surface area (Å²) in [7, 11) is 0. The smallest absolute Gasteiger partial charge is 0.329 e. The lowest BCUT2D eigenvalue weighted by Gasteiger charge is -2.11. The van der Waals surface area contributed by atoms with Crippen molar-refractivity contribution in [2.24, 2.45) is 0 Å². The molecule has 0 saturated carbocycles. The molecule has 0 unspecified atom stereocenters. The summed E-state index contributed by atoms with van der Waals surface area (Å²) in [6.45, 7) is 0.402. The summed E-state index contributed by atoms with van der Waals surface area (Å²) in [5.41, 5.74) is 1.66. The van der Waals surface area contributed by atoms with Gasteiger partial charge in [-0.25, -0.2) is 4.98 Å². The van der Waals surface area contributed by atoms with E-state index in [2.05, 4.69) is 15.3 Å². The molecule has 0 saturated heterocycles. The van der Waals surface area contributed by atoms with E-state index < -0.39 is 4.92 Å². The monoisotopic (exact) mass is 314 g/mol. The number of nitrogens with zero attached hydrogens (tertiary/aromatic N) is 3. The van der Waals surface area contributed by atoms with Crippen LogP contribution in [0.5, 0.6) is 0 Å². The van der Waals surface area contributed by atoms with Gasteiger partial charge in [0.2, 0.25) is 5.15 Å². The van der Waals surface area contributed by atoms with Crippen molar-refractivity contribution in [2.45, 2.75) is 6.54 Å². The largest absolute Gasteiger partial charge is 0.375 e. The van der Waals surface area contributed by atoms with Gasteiger partial charge in [-0.3, -0.25) is 15.1 Å². The number of hydrogen-bond donors (Lipinski definition) is 1.